The van der Waals surface area contributed by atoms with E-state index in [4.69, 9.17) is 10.00 Å². The third-order valence-corrected chi connectivity index (χ3v) is 2.19. The first-order chi connectivity index (χ1) is 7.27. The van der Waals surface area contributed by atoms with Crippen LogP contribution >= 0.6 is 0 Å². The van der Waals surface area contributed by atoms with Gasteiger partial charge in [-0.1, -0.05) is 0 Å². The van der Waals surface area contributed by atoms with Crippen molar-refractivity contribution in [3.63, 3.8) is 0 Å². The molecule has 0 aliphatic rings. The third-order valence-electron chi connectivity index (χ3n) is 2.19. The number of nitrogens with one attached hydrogen (secondary N) is 1. The number of benzene rings is 1. The molecule has 1 aromatic carbocycles. The van der Waals surface area contributed by atoms with Gasteiger partial charge in [-0.3, -0.25) is 0 Å². The normalized spacial score (nSPS) is 9.40. The van der Waals surface area contributed by atoms with Gasteiger partial charge in [0.05, 0.1) is 13.2 Å². The molecule has 0 bridgehead atoms. The van der Waals surface area contributed by atoms with Gasteiger partial charge < -0.3 is 10.1 Å². The standard InChI is InChI=1S/C12H16N2O/c1-10-9-11(5-6-12(10)15-2)14-8-4-3-7-13/h5-6,9,14H,3-4,8H2,1-2H3. The molecule has 0 aliphatic carbocycles. The van der Waals surface area contributed by atoms with Gasteiger partial charge in [-0.15, -0.1) is 0 Å². The average molecular weight is 204 g/mol. The predicted octanol–water partition coefficient (Wildman–Crippen LogP) is 2.72. The van der Waals surface area contributed by atoms with Crippen LogP contribution in [0, 0.1) is 18.3 Å². The second kappa shape index (κ2) is 5.92. The van der Waals surface area contributed by atoms with Crippen LogP contribution in [0.2, 0.25) is 0 Å². The Morgan fingerprint density at radius 3 is 2.87 bits per heavy atom. The first-order valence-electron chi connectivity index (χ1n) is 5.03. The quantitative estimate of drug-likeness (QED) is 0.750. The van der Waals surface area contributed by atoms with E-state index < -0.39 is 0 Å². The molecule has 80 valence electrons. The van der Waals surface area contributed by atoms with E-state index in [1.165, 1.54) is 0 Å². The van der Waals surface area contributed by atoms with Crippen molar-refractivity contribution in [3.8, 4) is 11.8 Å². The number of ether oxygens (including phenoxy) is 1. The predicted molar refractivity (Wildman–Crippen MR) is 61.1 cm³/mol. The Morgan fingerprint density at radius 2 is 2.27 bits per heavy atom. The minimum Gasteiger partial charge on any atom is -0.496 e. The lowest BCUT2D eigenvalue weighted by Crippen LogP contribution is -2.01. The Hall–Kier alpha value is -1.69. The summed E-state index contributed by atoms with van der Waals surface area (Å²) in [6, 6.07) is 8.10. The van der Waals surface area contributed by atoms with Gasteiger partial charge in [-0.05, 0) is 37.1 Å². The number of hydrogen-bond donors (Lipinski definition) is 1. The van der Waals surface area contributed by atoms with Crippen LogP contribution in [0.1, 0.15) is 18.4 Å². The number of unbranched alkanes of at least 4 members (excludes halogenated alkanes) is 1. The van der Waals surface area contributed by atoms with Crippen molar-refractivity contribution < 1.29 is 4.74 Å². The Balaban J connectivity index is 2.49. The van der Waals surface area contributed by atoms with Gasteiger partial charge in [0.2, 0.25) is 0 Å². The molecule has 0 fully saturated rings. The number of hydrogen-bond acceptors (Lipinski definition) is 3. The molecule has 0 aromatic heterocycles. The van der Waals surface area contributed by atoms with Crippen molar-refractivity contribution >= 4 is 5.69 Å². The summed E-state index contributed by atoms with van der Waals surface area (Å²) in [6.45, 7) is 2.85. The zero-order valence-electron chi connectivity index (χ0n) is 9.21. The Morgan fingerprint density at radius 1 is 1.47 bits per heavy atom. The summed E-state index contributed by atoms with van der Waals surface area (Å²) in [6.07, 6.45) is 1.48. The zero-order chi connectivity index (χ0) is 11.1. The fourth-order valence-electron chi connectivity index (χ4n) is 1.39. The van der Waals surface area contributed by atoms with E-state index in [0.29, 0.717) is 6.42 Å². The highest BCUT2D eigenvalue weighted by Gasteiger charge is 1.98. The maximum atomic E-state index is 8.38. The van der Waals surface area contributed by atoms with Crippen molar-refractivity contribution in [2.75, 3.05) is 19.0 Å². The summed E-state index contributed by atoms with van der Waals surface area (Å²) in [5, 5.41) is 11.6. The van der Waals surface area contributed by atoms with Crippen LogP contribution < -0.4 is 10.1 Å². The second-order valence-electron chi connectivity index (χ2n) is 3.37. The fourth-order valence-corrected chi connectivity index (χ4v) is 1.39. The summed E-state index contributed by atoms with van der Waals surface area (Å²) >= 11 is 0. The van der Waals surface area contributed by atoms with Crippen molar-refractivity contribution in [2.24, 2.45) is 0 Å². The molecular weight excluding hydrogens is 188 g/mol. The van der Waals surface area contributed by atoms with Gasteiger partial charge in [0.15, 0.2) is 0 Å². The first-order valence-corrected chi connectivity index (χ1v) is 5.03. The van der Waals surface area contributed by atoms with Crippen LogP contribution in [0.15, 0.2) is 18.2 Å². The van der Waals surface area contributed by atoms with E-state index >= 15 is 0 Å². The number of methoxy groups -OCH3 is 1. The van der Waals surface area contributed by atoms with Gasteiger partial charge in [-0.25, -0.2) is 0 Å². The molecular formula is C12H16N2O. The van der Waals surface area contributed by atoms with Gasteiger partial charge >= 0.3 is 0 Å². The third kappa shape index (κ3) is 3.51. The zero-order valence-corrected chi connectivity index (χ0v) is 9.21. The highest BCUT2D eigenvalue weighted by molar-refractivity contribution is 5.50. The minimum atomic E-state index is 0.599. The van der Waals surface area contributed by atoms with Gasteiger partial charge in [0.25, 0.3) is 0 Å². The molecule has 0 heterocycles. The SMILES string of the molecule is COc1ccc(NCCCC#N)cc1C. The van der Waals surface area contributed by atoms with Crippen LogP contribution in [0.5, 0.6) is 5.75 Å². The summed E-state index contributed by atoms with van der Waals surface area (Å²) < 4.78 is 5.17. The van der Waals surface area contributed by atoms with E-state index in [1.807, 2.05) is 25.1 Å². The van der Waals surface area contributed by atoms with Crippen molar-refractivity contribution in [1.82, 2.24) is 0 Å². The Kier molecular flexibility index (Phi) is 4.49. The monoisotopic (exact) mass is 204 g/mol. The van der Waals surface area contributed by atoms with Crippen LogP contribution in [0.3, 0.4) is 0 Å². The molecule has 1 rings (SSSR count). The van der Waals surface area contributed by atoms with E-state index in [-0.39, 0.29) is 0 Å². The highest BCUT2D eigenvalue weighted by Crippen LogP contribution is 2.21. The number of rotatable bonds is 5. The number of aryl methyl sites for hydroxylation is 1. The van der Waals surface area contributed by atoms with E-state index in [9.17, 15) is 0 Å². The summed E-state index contributed by atoms with van der Waals surface area (Å²) in [4.78, 5) is 0. The van der Waals surface area contributed by atoms with Crippen LogP contribution in [0.4, 0.5) is 5.69 Å². The minimum absolute atomic E-state index is 0.599. The number of nitrogens with zero attached hydrogens (tertiary/aromatic N) is 1. The summed E-state index contributed by atoms with van der Waals surface area (Å²) in [7, 11) is 1.67. The molecule has 0 spiro atoms. The van der Waals surface area contributed by atoms with Gasteiger partial charge in [0, 0.05) is 18.7 Å². The van der Waals surface area contributed by atoms with Crippen molar-refractivity contribution in [1.29, 1.82) is 5.26 Å². The number of nitriles is 1. The molecule has 1 N–H and O–H groups in total. The Bertz CT molecular complexity index is 355. The molecule has 0 unspecified atom stereocenters. The highest BCUT2D eigenvalue weighted by atomic mass is 16.5. The van der Waals surface area contributed by atoms with Gasteiger partial charge in [0.1, 0.15) is 5.75 Å². The van der Waals surface area contributed by atoms with Crippen molar-refractivity contribution in [2.45, 2.75) is 19.8 Å². The molecule has 0 amide bonds. The van der Waals surface area contributed by atoms with Crippen LogP contribution in [0.25, 0.3) is 0 Å². The maximum Gasteiger partial charge on any atom is 0.121 e. The molecule has 0 radical (unpaired) electrons. The lowest BCUT2D eigenvalue weighted by Gasteiger charge is -2.08. The molecule has 0 saturated heterocycles. The maximum absolute atomic E-state index is 8.38. The fraction of sp³-hybridized carbons (Fsp3) is 0.417. The molecule has 0 atom stereocenters. The summed E-state index contributed by atoms with van der Waals surface area (Å²) in [5.41, 5.74) is 2.19. The molecule has 1 aromatic rings. The molecule has 0 aliphatic heterocycles. The lowest BCUT2D eigenvalue weighted by molar-refractivity contribution is 0.412. The molecule has 3 nitrogen and oxygen atoms in total. The van der Waals surface area contributed by atoms with Crippen molar-refractivity contribution in [3.05, 3.63) is 23.8 Å². The smallest absolute Gasteiger partial charge is 0.121 e. The van der Waals surface area contributed by atoms with E-state index in [0.717, 1.165) is 30.0 Å². The lowest BCUT2D eigenvalue weighted by atomic mass is 10.2. The second-order valence-corrected chi connectivity index (χ2v) is 3.37. The van der Waals surface area contributed by atoms with Gasteiger partial charge in [-0.2, -0.15) is 5.26 Å². The largest absolute Gasteiger partial charge is 0.496 e. The van der Waals surface area contributed by atoms with Crippen LogP contribution in [-0.2, 0) is 0 Å². The first kappa shape index (κ1) is 11.4. The molecule has 3 heteroatoms. The Labute approximate surface area is 90.7 Å². The summed E-state index contributed by atoms with van der Waals surface area (Å²) in [5.74, 6) is 0.901. The van der Waals surface area contributed by atoms with E-state index in [1.54, 1.807) is 7.11 Å². The average Bonchev–Trinajstić information content (AvgIpc) is 2.25. The molecule has 15 heavy (non-hydrogen) atoms. The number of anilines is 1. The van der Waals surface area contributed by atoms with Crippen LogP contribution in [-0.4, -0.2) is 13.7 Å². The topological polar surface area (TPSA) is 45.0 Å². The molecule has 0 saturated carbocycles. The van der Waals surface area contributed by atoms with E-state index in [2.05, 4.69) is 11.4 Å².